The summed E-state index contributed by atoms with van der Waals surface area (Å²) in [7, 11) is 2.88. The molecule has 0 aromatic heterocycles. The molecule has 14 heavy (non-hydrogen) atoms. The van der Waals surface area contributed by atoms with Gasteiger partial charge in [0.25, 0.3) is 0 Å². The number of hydrogen-bond donors (Lipinski definition) is 0. The molecular formula is C10H12O4. The van der Waals surface area contributed by atoms with Crippen molar-refractivity contribution in [3.05, 3.63) is 23.8 Å². The van der Waals surface area contributed by atoms with E-state index in [0.29, 0.717) is 0 Å². The van der Waals surface area contributed by atoms with E-state index >= 15 is 0 Å². The van der Waals surface area contributed by atoms with Crippen molar-refractivity contribution in [1.29, 1.82) is 0 Å². The molecular weight excluding hydrogens is 184 g/mol. The number of Topliss-reactive ketones (excluding diaryl/α,β-unsaturated/α-hetero) is 1. The van der Waals surface area contributed by atoms with Crippen molar-refractivity contribution < 1.29 is 19.1 Å². The Hall–Kier alpha value is -1.26. The van der Waals surface area contributed by atoms with Crippen LogP contribution in [0.2, 0.25) is 0 Å². The number of carbonyl (C=O) groups excluding carboxylic acids is 2. The van der Waals surface area contributed by atoms with Gasteiger partial charge in [0.1, 0.15) is 0 Å². The molecule has 0 saturated carbocycles. The van der Waals surface area contributed by atoms with E-state index < -0.39 is 5.79 Å². The highest BCUT2D eigenvalue weighted by molar-refractivity contribution is 6.24. The SMILES string of the molecule is COC1(OC)C=CC(=O)C(C(C)=O)=C1. The maximum absolute atomic E-state index is 11.3. The van der Waals surface area contributed by atoms with E-state index in [-0.39, 0.29) is 17.1 Å². The molecule has 0 atom stereocenters. The third kappa shape index (κ3) is 1.81. The van der Waals surface area contributed by atoms with Gasteiger partial charge in [-0.1, -0.05) is 0 Å². The molecule has 1 rings (SSSR count). The van der Waals surface area contributed by atoms with Crippen LogP contribution >= 0.6 is 0 Å². The molecule has 0 heterocycles. The fourth-order valence-electron chi connectivity index (χ4n) is 1.21. The van der Waals surface area contributed by atoms with Crippen molar-refractivity contribution in [3.8, 4) is 0 Å². The number of carbonyl (C=O) groups is 2. The molecule has 0 radical (unpaired) electrons. The topological polar surface area (TPSA) is 52.6 Å². The number of ether oxygens (including phenoxy) is 2. The van der Waals surface area contributed by atoms with E-state index in [9.17, 15) is 9.59 Å². The van der Waals surface area contributed by atoms with Gasteiger partial charge in [-0.25, -0.2) is 0 Å². The van der Waals surface area contributed by atoms with E-state index in [1.165, 1.54) is 39.4 Å². The maximum atomic E-state index is 11.3. The van der Waals surface area contributed by atoms with Crippen LogP contribution in [-0.2, 0) is 19.1 Å². The molecule has 0 unspecified atom stereocenters. The first-order chi connectivity index (χ1) is 6.54. The first-order valence-electron chi connectivity index (χ1n) is 4.12. The molecule has 0 fully saturated rings. The zero-order chi connectivity index (χ0) is 10.8. The van der Waals surface area contributed by atoms with Crippen LogP contribution < -0.4 is 0 Å². The number of methoxy groups -OCH3 is 2. The highest BCUT2D eigenvalue weighted by Gasteiger charge is 2.30. The lowest BCUT2D eigenvalue weighted by molar-refractivity contribution is -0.138. The standard InChI is InChI=1S/C10H12O4/c1-7(11)8-6-10(13-2,14-3)5-4-9(8)12/h4-6H,1-3H3. The molecule has 0 saturated heterocycles. The van der Waals surface area contributed by atoms with Gasteiger partial charge in [-0.15, -0.1) is 0 Å². The fraction of sp³-hybridized carbons (Fsp3) is 0.400. The van der Waals surface area contributed by atoms with Gasteiger partial charge in [0.2, 0.25) is 5.79 Å². The van der Waals surface area contributed by atoms with Crippen LogP contribution in [0.25, 0.3) is 0 Å². The van der Waals surface area contributed by atoms with Gasteiger partial charge in [0, 0.05) is 14.2 Å². The summed E-state index contributed by atoms with van der Waals surface area (Å²) in [6, 6.07) is 0. The molecule has 4 heteroatoms. The minimum Gasteiger partial charge on any atom is -0.346 e. The highest BCUT2D eigenvalue weighted by atomic mass is 16.7. The quantitative estimate of drug-likeness (QED) is 0.490. The Morgan fingerprint density at radius 1 is 1.36 bits per heavy atom. The summed E-state index contributed by atoms with van der Waals surface area (Å²) in [5, 5.41) is 0. The lowest BCUT2D eigenvalue weighted by atomic mass is 9.97. The fourth-order valence-corrected chi connectivity index (χ4v) is 1.21. The van der Waals surface area contributed by atoms with Crippen molar-refractivity contribution in [2.45, 2.75) is 12.7 Å². The number of hydrogen-bond acceptors (Lipinski definition) is 4. The second kappa shape index (κ2) is 3.86. The Morgan fingerprint density at radius 2 is 1.93 bits per heavy atom. The second-order valence-corrected chi connectivity index (χ2v) is 2.94. The first kappa shape index (κ1) is 10.8. The normalized spacial score (nSPS) is 19.4. The third-order valence-corrected chi connectivity index (χ3v) is 2.10. The van der Waals surface area contributed by atoms with Crippen LogP contribution in [0.4, 0.5) is 0 Å². The summed E-state index contributed by atoms with van der Waals surface area (Å²) in [6.45, 7) is 1.33. The Balaban J connectivity index is 3.11. The van der Waals surface area contributed by atoms with E-state index in [1.807, 2.05) is 0 Å². The van der Waals surface area contributed by atoms with Gasteiger partial charge in [-0.2, -0.15) is 0 Å². The Bertz CT molecular complexity index is 321. The van der Waals surface area contributed by atoms with E-state index in [2.05, 4.69) is 0 Å². The van der Waals surface area contributed by atoms with Crippen molar-refractivity contribution in [1.82, 2.24) is 0 Å². The van der Waals surface area contributed by atoms with Gasteiger partial charge < -0.3 is 9.47 Å². The molecule has 0 amide bonds. The second-order valence-electron chi connectivity index (χ2n) is 2.94. The monoisotopic (exact) mass is 196 g/mol. The molecule has 0 aliphatic heterocycles. The van der Waals surface area contributed by atoms with Crippen molar-refractivity contribution in [3.63, 3.8) is 0 Å². The van der Waals surface area contributed by atoms with Crippen LogP contribution in [0, 0.1) is 0 Å². The Kier molecular flexibility index (Phi) is 2.98. The van der Waals surface area contributed by atoms with E-state index in [4.69, 9.17) is 9.47 Å². The molecule has 0 aromatic carbocycles. The first-order valence-corrected chi connectivity index (χ1v) is 4.12. The van der Waals surface area contributed by atoms with Gasteiger partial charge in [-0.3, -0.25) is 9.59 Å². The molecule has 4 nitrogen and oxygen atoms in total. The molecule has 76 valence electrons. The van der Waals surface area contributed by atoms with Crippen molar-refractivity contribution in [2.24, 2.45) is 0 Å². The predicted octanol–water partition coefficient (Wildman–Crippen LogP) is 0.630. The lowest BCUT2D eigenvalue weighted by Gasteiger charge is -2.26. The van der Waals surface area contributed by atoms with Crippen molar-refractivity contribution in [2.75, 3.05) is 14.2 Å². The maximum Gasteiger partial charge on any atom is 0.209 e. The lowest BCUT2D eigenvalue weighted by Crippen LogP contribution is -2.33. The minimum absolute atomic E-state index is 0.0937. The molecule has 1 aliphatic rings. The molecule has 0 spiro atoms. The molecule has 0 bridgehead atoms. The van der Waals surface area contributed by atoms with Crippen LogP contribution in [0.5, 0.6) is 0 Å². The molecule has 0 aromatic rings. The van der Waals surface area contributed by atoms with Crippen LogP contribution in [0.15, 0.2) is 23.8 Å². The zero-order valence-corrected chi connectivity index (χ0v) is 8.37. The number of rotatable bonds is 3. The van der Waals surface area contributed by atoms with Gasteiger partial charge in [0.05, 0.1) is 5.57 Å². The average Bonchev–Trinajstić information content (AvgIpc) is 2.19. The molecule has 1 aliphatic carbocycles. The smallest absolute Gasteiger partial charge is 0.209 e. The Morgan fingerprint density at radius 3 is 2.36 bits per heavy atom. The number of ketones is 2. The summed E-state index contributed by atoms with van der Waals surface area (Å²) in [5.41, 5.74) is 0.0937. The predicted molar refractivity (Wildman–Crippen MR) is 49.7 cm³/mol. The largest absolute Gasteiger partial charge is 0.346 e. The summed E-state index contributed by atoms with van der Waals surface area (Å²) >= 11 is 0. The van der Waals surface area contributed by atoms with Crippen LogP contribution in [0.3, 0.4) is 0 Å². The zero-order valence-electron chi connectivity index (χ0n) is 8.37. The molecule has 0 N–H and O–H groups in total. The summed E-state index contributed by atoms with van der Waals surface area (Å²) in [6.07, 6.45) is 4.14. The van der Waals surface area contributed by atoms with E-state index in [0.717, 1.165) is 0 Å². The van der Waals surface area contributed by atoms with Crippen LogP contribution in [-0.4, -0.2) is 31.6 Å². The third-order valence-electron chi connectivity index (χ3n) is 2.10. The van der Waals surface area contributed by atoms with Crippen LogP contribution in [0.1, 0.15) is 6.92 Å². The van der Waals surface area contributed by atoms with Gasteiger partial charge >= 0.3 is 0 Å². The Labute approximate surface area is 82.2 Å². The number of allylic oxidation sites excluding steroid dienone is 2. The summed E-state index contributed by atoms with van der Waals surface area (Å²) < 4.78 is 10.1. The van der Waals surface area contributed by atoms with Gasteiger partial charge in [-0.05, 0) is 25.2 Å². The van der Waals surface area contributed by atoms with E-state index in [1.54, 1.807) is 0 Å². The van der Waals surface area contributed by atoms with Crippen molar-refractivity contribution >= 4 is 11.6 Å². The highest BCUT2D eigenvalue weighted by Crippen LogP contribution is 2.22. The average molecular weight is 196 g/mol. The minimum atomic E-state index is -1.09. The summed E-state index contributed by atoms with van der Waals surface area (Å²) in [5.74, 6) is -1.70. The van der Waals surface area contributed by atoms with Gasteiger partial charge in [0.15, 0.2) is 11.6 Å². The summed E-state index contributed by atoms with van der Waals surface area (Å²) in [4.78, 5) is 22.4.